The van der Waals surface area contributed by atoms with E-state index in [4.69, 9.17) is 4.42 Å². The molecule has 1 aliphatic rings. The van der Waals surface area contributed by atoms with Crippen molar-refractivity contribution in [1.82, 2.24) is 15.1 Å². The van der Waals surface area contributed by atoms with Crippen LogP contribution in [0.3, 0.4) is 0 Å². The first-order chi connectivity index (χ1) is 10.5. The van der Waals surface area contributed by atoms with Crippen LogP contribution in [0.4, 0.5) is 0 Å². The van der Waals surface area contributed by atoms with Crippen molar-refractivity contribution in [2.45, 2.75) is 45.8 Å². The molecule has 5 nitrogen and oxygen atoms in total. The third-order valence-corrected chi connectivity index (χ3v) is 4.60. The van der Waals surface area contributed by atoms with E-state index in [1.165, 1.54) is 11.1 Å². The normalized spacial score (nSPS) is 18.5. The van der Waals surface area contributed by atoms with Gasteiger partial charge in [-0.05, 0) is 56.9 Å². The highest BCUT2D eigenvalue weighted by Gasteiger charge is 2.25. The van der Waals surface area contributed by atoms with Crippen LogP contribution in [0.2, 0.25) is 0 Å². The molecule has 2 heterocycles. The number of aliphatic hydroxyl groups is 1. The fourth-order valence-electron chi connectivity index (χ4n) is 2.82. The van der Waals surface area contributed by atoms with Crippen LogP contribution in [0, 0.1) is 13.8 Å². The average Bonchev–Trinajstić information content (AvgIpc) is 3.00. The molecular formula is C17H23N3O2. The molecule has 0 radical (unpaired) electrons. The first-order valence-corrected chi connectivity index (χ1v) is 7.87. The first kappa shape index (κ1) is 15.2. The lowest BCUT2D eigenvalue weighted by Crippen LogP contribution is -2.37. The fourth-order valence-corrected chi connectivity index (χ4v) is 2.82. The molecule has 1 aliphatic heterocycles. The highest BCUT2D eigenvalue weighted by molar-refractivity contribution is 5.55. The standard InChI is InChI=1S/C17H23N3O2/c1-11-4-5-14(10-12(11)2)17-19-18-16(22-17)13(3)20-8-6-15(21)7-9-20/h4-5,10,13,15,21H,6-9H2,1-3H3. The number of aliphatic hydroxyl groups excluding tert-OH is 1. The minimum absolute atomic E-state index is 0.0836. The number of likely N-dealkylation sites (tertiary alicyclic amines) is 1. The summed E-state index contributed by atoms with van der Waals surface area (Å²) in [6.45, 7) is 7.98. The summed E-state index contributed by atoms with van der Waals surface area (Å²) in [6, 6.07) is 6.25. The van der Waals surface area contributed by atoms with Crippen molar-refractivity contribution in [3.8, 4) is 11.5 Å². The molecule has 0 aliphatic carbocycles. The van der Waals surface area contributed by atoms with E-state index in [9.17, 15) is 5.11 Å². The highest BCUT2D eigenvalue weighted by Crippen LogP contribution is 2.27. The Balaban J connectivity index is 1.76. The second kappa shape index (κ2) is 6.18. The van der Waals surface area contributed by atoms with Gasteiger partial charge in [0.2, 0.25) is 11.8 Å². The summed E-state index contributed by atoms with van der Waals surface area (Å²) in [5.74, 6) is 1.21. The lowest BCUT2D eigenvalue weighted by molar-refractivity contribution is 0.0582. The number of nitrogens with zero attached hydrogens (tertiary/aromatic N) is 3. The van der Waals surface area contributed by atoms with Crippen LogP contribution in [-0.4, -0.2) is 39.4 Å². The molecule has 1 fully saturated rings. The van der Waals surface area contributed by atoms with Crippen molar-refractivity contribution in [1.29, 1.82) is 0 Å². The smallest absolute Gasteiger partial charge is 0.247 e. The lowest BCUT2D eigenvalue weighted by Gasteiger charge is -2.32. The van der Waals surface area contributed by atoms with Gasteiger partial charge in [0.1, 0.15) is 0 Å². The van der Waals surface area contributed by atoms with Gasteiger partial charge in [-0.25, -0.2) is 0 Å². The third-order valence-electron chi connectivity index (χ3n) is 4.60. The maximum absolute atomic E-state index is 9.60. The molecule has 1 unspecified atom stereocenters. The Kier molecular flexibility index (Phi) is 4.27. The molecule has 1 saturated heterocycles. The van der Waals surface area contributed by atoms with Crippen LogP contribution in [0.1, 0.15) is 42.8 Å². The molecule has 0 saturated carbocycles. The van der Waals surface area contributed by atoms with Crippen molar-refractivity contribution < 1.29 is 9.52 Å². The zero-order valence-corrected chi connectivity index (χ0v) is 13.4. The number of piperidine rings is 1. The van der Waals surface area contributed by atoms with Crippen molar-refractivity contribution in [2.75, 3.05) is 13.1 Å². The summed E-state index contributed by atoms with van der Waals surface area (Å²) in [6.07, 6.45) is 1.45. The molecule has 3 rings (SSSR count). The van der Waals surface area contributed by atoms with Crippen LogP contribution in [0.15, 0.2) is 22.6 Å². The Labute approximate surface area is 131 Å². The number of hydrogen-bond donors (Lipinski definition) is 1. The van der Waals surface area contributed by atoms with E-state index < -0.39 is 0 Å². The van der Waals surface area contributed by atoms with Gasteiger partial charge in [0.05, 0.1) is 12.1 Å². The highest BCUT2D eigenvalue weighted by atomic mass is 16.4. The summed E-state index contributed by atoms with van der Waals surface area (Å²) >= 11 is 0. The van der Waals surface area contributed by atoms with Gasteiger partial charge in [0.25, 0.3) is 0 Å². The Morgan fingerprint density at radius 3 is 2.59 bits per heavy atom. The minimum atomic E-state index is -0.169. The summed E-state index contributed by atoms with van der Waals surface area (Å²) < 4.78 is 5.88. The third kappa shape index (κ3) is 3.05. The van der Waals surface area contributed by atoms with Gasteiger partial charge in [-0.1, -0.05) is 6.07 Å². The predicted octanol–water partition coefficient (Wildman–Crippen LogP) is 2.87. The molecule has 0 amide bonds. The fraction of sp³-hybridized carbons (Fsp3) is 0.529. The Morgan fingerprint density at radius 1 is 1.18 bits per heavy atom. The second-order valence-corrected chi connectivity index (χ2v) is 6.19. The molecule has 0 bridgehead atoms. The van der Waals surface area contributed by atoms with Gasteiger partial charge in [-0.2, -0.15) is 0 Å². The van der Waals surface area contributed by atoms with Crippen LogP contribution >= 0.6 is 0 Å². The van der Waals surface area contributed by atoms with Crippen molar-refractivity contribution >= 4 is 0 Å². The van der Waals surface area contributed by atoms with Crippen LogP contribution in [0.5, 0.6) is 0 Å². The second-order valence-electron chi connectivity index (χ2n) is 6.19. The molecule has 0 spiro atoms. The van der Waals surface area contributed by atoms with E-state index in [2.05, 4.69) is 48.0 Å². The minimum Gasteiger partial charge on any atom is -0.419 e. The number of aryl methyl sites for hydroxylation is 2. The quantitative estimate of drug-likeness (QED) is 0.944. The molecule has 118 valence electrons. The van der Waals surface area contributed by atoms with Crippen molar-refractivity contribution in [3.05, 3.63) is 35.2 Å². The van der Waals surface area contributed by atoms with Crippen molar-refractivity contribution in [3.63, 3.8) is 0 Å². The Bertz CT molecular complexity index is 645. The van der Waals surface area contributed by atoms with E-state index >= 15 is 0 Å². The van der Waals surface area contributed by atoms with E-state index in [1.807, 2.05) is 6.07 Å². The SMILES string of the molecule is Cc1ccc(-c2nnc(C(C)N3CCC(O)CC3)o2)cc1C. The van der Waals surface area contributed by atoms with Crippen LogP contribution < -0.4 is 0 Å². The van der Waals surface area contributed by atoms with Gasteiger partial charge in [-0.15, -0.1) is 10.2 Å². The first-order valence-electron chi connectivity index (χ1n) is 7.87. The maximum Gasteiger partial charge on any atom is 0.247 e. The van der Waals surface area contributed by atoms with Crippen molar-refractivity contribution in [2.24, 2.45) is 0 Å². The number of rotatable bonds is 3. The van der Waals surface area contributed by atoms with Crippen LogP contribution in [-0.2, 0) is 0 Å². The lowest BCUT2D eigenvalue weighted by atomic mass is 10.1. The largest absolute Gasteiger partial charge is 0.419 e. The van der Waals surface area contributed by atoms with Gasteiger partial charge in [0, 0.05) is 18.7 Å². The topological polar surface area (TPSA) is 62.4 Å². The molecule has 1 aromatic heterocycles. The van der Waals surface area contributed by atoms with Gasteiger partial charge < -0.3 is 9.52 Å². The molecular weight excluding hydrogens is 278 g/mol. The molecule has 1 aromatic carbocycles. The van der Waals surface area contributed by atoms with Gasteiger partial charge in [0.15, 0.2) is 0 Å². The molecule has 1 atom stereocenters. The monoisotopic (exact) mass is 301 g/mol. The zero-order valence-electron chi connectivity index (χ0n) is 13.4. The number of aromatic nitrogens is 2. The predicted molar refractivity (Wildman–Crippen MR) is 84.4 cm³/mol. The number of benzene rings is 1. The molecule has 22 heavy (non-hydrogen) atoms. The van der Waals surface area contributed by atoms with E-state index in [0.29, 0.717) is 11.8 Å². The molecule has 2 aromatic rings. The van der Waals surface area contributed by atoms with E-state index in [0.717, 1.165) is 31.5 Å². The Hall–Kier alpha value is -1.72. The summed E-state index contributed by atoms with van der Waals surface area (Å²) in [5, 5.41) is 18.0. The molecule has 1 N–H and O–H groups in total. The van der Waals surface area contributed by atoms with E-state index in [1.54, 1.807) is 0 Å². The summed E-state index contributed by atoms with van der Waals surface area (Å²) in [7, 11) is 0. The van der Waals surface area contributed by atoms with Gasteiger partial charge in [-0.3, -0.25) is 4.90 Å². The zero-order chi connectivity index (χ0) is 15.7. The summed E-state index contributed by atoms with van der Waals surface area (Å²) in [5.41, 5.74) is 3.43. The average molecular weight is 301 g/mol. The Morgan fingerprint density at radius 2 is 1.91 bits per heavy atom. The summed E-state index contributed by atoms with van der Waals surface area (Å²) in [4.78, 5) is 2.28. The van der Waals surface area contributed by atoms with Crippen LogP contribution in [0.25, 0.3) is 11.5 Å². The van der Waals surface area contributed by atoms with E-state index in [-0.39, 0.29) is 12.1 Å². The number of hydrogen-bond acceptors (Lipinski definition) is 5. The molecule has 5 heteroatoms. The van der Waals surface area contributed by atoms with Gasteiger partial charge >= 0.3 is 0 Å². The maximum atomic E-state index is 9.60.